The zero-order valence-electron chi connectivity index (χ0n) is 24.1. The van der Waals surface area contributed by atoms with Crippen LogP contribution in [-0.2, 0) is 26.2 Å². The second-order valence-electron chi connectivity index (χ2n) is 9.95. The first-order valence-electron chi connectivity index (χ1n) is 13.3. The van der Waals surface area contributed by atoms with Crippen molar-refractivity contribution in [3.63, 3.8) is 0 Å². The number of anilines is 1. The Morgan fingerprint density at radius 2 is 1.62 bits per heavy atom. The van der Waals surface area contributed by atoms with Crippen LogP contribution in [0.3, 0.4) is 0 Å². The van der Waals surface area contributed by atoms with Crippen LogP contribution in [0, 0.1) is 20.8 Å². The van der Waals surface area contributed by atoms with Gasteiger partial charge in [0.15, 0.2) is 0 Å². The fourth-order valence-corrected chi connectivity index (χ4v) is 5.76. The molecule has 3 aromatic carbocycles. The number of amides is 2. The molecule has 0 aliphatic carbocycles. The molecule has 0 heterocycles. The van der Waals surface area contributed by atoms with E-state index in [2.05, 4.69) is 5.32 Å². The smallest absolute Gasteiger partial charge is 0.264 e. The molecule has 2 amide bonds. The van der Waals surface area contributed by atoms with Gasteiger partial charge in [0, 0.05) is 13.1 Å². The van der Waals surface area contributed by atoms with Crippen molar-refractivity contribution >= 4 is 27.5 Å². The van der Waals surface area contributed by atoms with Gasteiger partial charge < -0.3 is 15.0 Å². The SMILES string of the molecule is CCCNC(=O)C(C)N(Cc1cccc(OC)c1)C(=O)CN(c1cc(C)ccc1C)S(=O)(=O)c1ccc(C)cc1. The van der Waals surface area contributed by atoms with Crippen LogP contribution in [0.1, 0.15) is 42.5 Å². The lowest BCUT2D eigenvalue weighted by Gasteiger charge is -2.32. The Labute approximate surface area is 238 Å². The maximum atomic E-state index is 14.0. The molecule has 0 aromatic heterocycles. The predicted octanol–water partition coefficient (Wildman–Crippen LogP) is 4.76. The monoisotopic (exact) mass is 565 g/mol. The van der Waals surface area contributed by atoms with E-state index in [-0.39, 0.29) is 17.3 Å². The van der Waals surface area contributed by atoms with Gasteiger partial charge in [0.2, 0.25) is 11.8 Å². The molecule has 214 valence electrons. The van der Waals surface area contributed by atoms with E-state index in [9.17, 15) is 18.0 Å². The second-order valence-corrected chi connectivity index (χ2v) is 11.8. The molecule has 0 fully saturated rings. The number of sulfonamides is 1. The molecule has 9 heteroatoms. The zero-order chi connectivity index (χ0) is 29.4. The lowest BCUT2D eigenvalue weighted by molar-refractivity contribution is -0.139. The maximum Gasteiger partial charge on any atom is 0.264 e. The summed E-state index contributed by atoms with van der Waals surface area (Å²) >= 11 is 0. The second kappa shape index (κ2) is 13.5. The van der Waals surface area contributed by atoms with Crippen molar-refractivity contribution in [3.05, 3.63) is 89.0 Å². The van der Waals surface area contributed by atoms with Crippen LogP contribution in [0.4, 0.5) is 5.69 Å². The summed E-state index contributed by atoms with van der Waals surface area (Å²) in [4.78, 5) is 28.5. The lowest BCUT2D eigenvalue weighted by atomic mass is 10.1. The molecule has 40 heavy (non-hydrogen) atoms. The summed E-state index contributed by atoms with van der Waals surface area (Å²) in [6.45, 7) is 9.26. The zero-order valence-corrected chi connectivity index (χ0v) is 24.9. The molecular weight excluding hydrogens is 526 g/mol. The van der Waals surface area contributed by atoms with Crippen molar-refractivity contribution in [2.45, 2.75) is 58.5 Å². The normalized spacial score (nSPS) is 11.9. The minimum Gasteiger partial charge on any atom is -0.497 e. The van der Waals surface area contributed by atoms with E-state index in [1.54, 1.807) is 56.5 Å². The largest absolute Gasteiger partial charge is 0.497 e. The first-order valence-corrected chi connectivity index (χ1v) is 14.8. The Hall–Kier alpha value is -3.85. The molecule has 3 rings (SSSR count). The average molecular weight is 566 g/mol. The third-order valence-electron chi connectivity index (χ3n) is 6.72. The number of carbonyl (C=O) groups is 2. The topological polar surface area (TPSA) is 96.0 Å². The first kappa shape index (κ1) is 30.7. The van der Waals surface area contributed by atoms with E-state index < -0.39 is 28.5 Å². The van der Waals surface area contributed by atoms with Gasteiger partial charge in [0.25, 0.3) is 10.0 Å². The Morgan fingerprint density at radius 3 is 2.27 bits per heavy atom. The van der Waals surface area contributed by atoms with Crippen LogP contribution in [0.25, 0.3) is 0 Å². The van der Waals surface area contributed by atoms with Crippen LogP contribution < -0.4 is 14.4 Å². The number of ether oxygens (including phenoxy) is 1. The first-order chi connectivity index (χ1) is 19.0. The maximum absolute atomic E-state index is 14.0. The minimum atomic E-state index is -4.12. The Bertz CT molecular complexity index is 1440. The predicted molar refractivity (Wildman–Crippen MR) is 158 cm³/mol. The molecular formula is C31H39N3O5S. The third-order valence-corrected chi connectivity index (χ3v) is 8.50. The fourth-order valence-electron chi connectivity index (χ4n) is 4.28. The highest BCUT2D eigenvalue weighted by Gasteiger charge is 2.33. The molecule has 0 aliphatic rings. The molecule has 0 saturated heterocycles. The highest BCUT2D eigenvalue weighted by molar-refractivity contribution is 7.92. The molecule has 1 atom stereocenters. The van der Waals surface area contributed by atoms with Gasteiger partial charge in [0.05, 0.1) is 17.7 Å². The van der Waals surface area contributed by atoms with E-state index >= 15 is 0 Å². The number of carbonyl (C=O) groups excluding carboxylic acids is 2. The van der Waals surface area contributed by atoms with Gasteiger partial charge in [-0.1, -0.05) is 48.9 Å². The van der Waals surface area contributed by atoms with Crippen LogP contribution in [0.15, 0.2) is 71.6 Å². The molecule has 3 aromatic rings. The molecule has 1 unspecified atom stereocenters. The Kier molecular flexibility index (Phi) is 10.3. The minimum absolute atomic E-state index is 0.0832. The summed E-state index contributed by atoms with van der Waals surface area (Å²) in [6.07, 6.45) is 0.748. The summed E-state index contributed by atoms with van der Waals surface area (Å²) in [5.74, 6) is -0.191. The highest BCUT2D eigenvalue weighted by atomic mass is 32.2. The number of benzene rings is 3. The number of hydrogen-bond acceptors (Lipinski definition) is 5. The van der Waals surface area contributed by atoms with Crippen LogP contribution in [-0.4, -0.2) is 51.4 Å². The van der Waals surface area contributed by atoms with Crippen molar-refractivity contribution in [1.82, 2.24) is 10.2 Å². The summed E-state index contributed by atoms with van der Waals surface area (Å²) in [6, 6.07) is 18.4. The number of methoxy groups -OCH3 is 1. The average Bonchev–Trinajstić information content (AvgIpc) is 2.94. The molecule has 0 bridgehead atoms. The Balaban J connectivity index is 2.07. The quantitative estimate of drug-likeness (QED) is 0.342. The molecule has 0 aliphatic heterocycles. The van der Waals surface area contributed by atoms with Gasteiger partial charge >= 0.3 is 0 Å². The number of aryl methyl sites for hydroxylation is 3. The molecule has 0 radical (unpaired) electrons. The molecule has 0 saturated carbocycles. The lowest BCUT2D eigenvalue weighted by Crippen LogP contribution is -2.51. The summed E-state index contributed by atoms with van der Waals surface area (Å²) in [5, 5.41) is 2.85. The van der Waals surface area contributed by atoms with Gasteiger partial charge in [-0.2, -0.15) is 0 Å². The standard InChI is InChI=1S/C31H39N3O5S/c1-7-17-32-31(36)25(5)33(20-26-9-8-10-27(19-26)39-6)30(35)21-34(29-18-23(3)11-14-24(29)4)40(37,38)28-15-12-22(2)13-16-28/h8-16,18-19,25H,7,17,20-21H2,1-6H3,(H,32,36). The molecule has 1 N–H and O–H groups in total. The van der Waals surface area contributed by atoms with Crippen molar-refractivity contribution in [3.8, 4) is 5.75 Å². The van der Waals surface area contributed by atoms with Crippen LogP contribution in [0.5, 0.6) is 5.75 Å². The van der Waals surface area contributed by atoms with Gasteiger partial charge in [0.1, 0.15) is 18.3 Å². The van der Waals surface area contributed by atoms with E-state index in [0.717, 1.165) is 27.4 Å². The van der Waals surface area contributed by atoms with Gasteiger partial charge in [-0.15, -0.1) is 0 Å². The van der Waals surface area contributed by atoms with E-state index in [1.807, 2.05) is 52.0 Å². The van der Waals surface area contributed by atoms with Crippen molar-refractivity contribution in [2.75, 3.05) is 24.5 Å². The van der Waals surface area contributed by atoms with Crippen molar-refractivity contribution in [1.29, 1.82) is 0 Å². The summed E-state index contributed by atoms with van der Waals surface area (Å²) in [5.41, 5.74) is 3.66. The summed E-state index contributed by atoms with van der Waals surface area (Å²) < 4.78 is 34.5. The third kappa shape index (κ3) is 7.41. The molecule has 0 spiro atoms. The number of rotatable bonds is 12. The number of hydrogen-bond donors (Lipinski definition) is 1. The summed E-state index contributed by atoms with van der Waals surface area (Å²) in [7, 11) is -2.56. The fraction of sp³-hybridized carbons (Fsp3) is 0.355. The highest BCUT2D eigenvalue weighted by Crippen LogP contribution is 2.29. The van der Waals surface area contributed by atoms with E-state index in [4.69, 9.17) is 4.74 Å². The van der Waals surface area contributed by atoms with Gasteiger partial charge in [-0.3, -0.25) is 13.9 Å². The van der Waals surface area contributed by atoms with Crippen LogP contribution >= 0.6 is 0 Å². The van der Waals surface area contributed by atoms with E-state index in [1.165, 1.54) is 4.90 Å². The molecule has 8 nitrogen and oxygen atoms in total. The van der Waals surface area contributed by atoms with Gasteiger partial charge in [-0.25, -0.2) is 8.42 Å². The van der Waals surface area contributed by atoms with Crippen molar-refractivity contribution < 1.29 is 22.7 Å². The van der Waals surface area contributed by atoms with Crippen molar-refractivity contribution in [2.24, 2.45) is 0 Å². The van der Waals surface area contributed by atoms with Gasteiger partial charge in [-0.05, 0) is 81.1 Å². The number of nitrogens with zero attached hydrogens (tertiary/aromatic N) is 2. The van der Waals surface area contributed by atoms with E-state index in [0.29, 0.717) is 23.5 Å². The van der Waals surface area contributed by atoms with Crippen LogP contribution in [0.2, 0.25) is 0 Å². The number of nitrogens with one attached hydrogen (secondary N) is 1. The Morgan fingerprint density at radius 1 is 0.950 bits per heavy atom.